The first-order valence-electron chi connectivity index (χ1n) is 4.69. The highest BCUT2D eigenvalue weighted by molar-refractivity contribution is 14.1. The van der Waals surface area contributed by atoms with Gasteiger partial charge in [-0.2, -0.15) is 0 Å². The molecule has 15 heavy (non-hydrogen) atoms. The lowest BCUT2D eigenvalue weighted by atomic mass is 9.89. The van der Waals surface area contributed by atoms with Crippen LogP contribution in [-0.2, 0) is 4.74 Å². The summed E-state index contributed by atoms with van der Waals surface area (Å²) in [5.41, 5.74) is 0.895. The minimum Gasteiger partial charge on any atom is -0.380 e. The van der Waals surface area contributed by atoms with Gasteiger partial charge in [0.25, 0.3) is 5.91 Å². The maximum absolute atomic E-state index is 11.7. The number of amides is 1. The Morgan fingerprint density at radius 3 is 2.93 bits per heavy atom. The van der Waals surface area contributed by atoms with Crippen LogP contribution in [0.25, 0.3) is 0 Å². The molecule has 0 atom stereocenters. The first-order chi connectivity index (χ1) is 7.09. The lowest BCUT2D eigenvalue weighted by Gasteiger charge is -2.37. The summed E-state index contributed by atoms with van der Waals surface area (Å²) in [6.07, 6.45) is 0. The third-order valence-corrected chi connectivity index (χ3v) is 4.20. The third kappa shape index (κ3) is 2.70. The molecule has 1 amide bonds. The summed E-state index contributed by atoms with van der Waals surface area (Å²) in [5, 5.41) is 4.82. The van der Waals surface area contributed by atoms with E-state index in [9.17, 15) is 4.79 Å². The van der Waals surface area contributed by atoms with Gasteiger partial charge in [-0.1, -0.05) is 6.92 Å². The number of carbonyl (C=O) groups is 1. The molecule has 0 spiro atoms. The highest BCUT2D eigenvalue weighted by Crippen LogP contribution is 2.25. The maximum atomic E-state index is 11.7. The van der Waals surface area contributed by atoms with Crippen LogP contribution in [0.5, 0.6) is 0 Å². The Hall–Kier alpha value is -0.140. The van der Waals surface area contributed by atoms with Crippen LogP contribution in [-0.4, -0.2) is 25.7 Å². The second-order valence-corrected chi connectivity index (χ2v) is 6.93. The fraction of sp³-hybridized carbons (Fsp3) is 0.500. The van der Waals surface area contributed by atoms with E-state index in [1.165, 1.54) is 0 Å². The minimum atomic E-state index is 0.0160. The number of halogens is 1. The molecule has 1 aromatic heterocycles. The number of carbonyl (C=O) groups excluding carboxylic acids is 1. The maximum Gasteiger partial charge on any atom is 0.252 e. The van der Waals surface area contributed by atoms with Gasteiger partial charge in [-0.15, -0.1) is 11.3 Å². The van der Waals surface area contributed by atoms with Crippen LogP contribution in [0.3, 0.4) is 0 Å². The zero-order valence-electron chi connectivity index (χ0n) is 8.38. The van der Waals surface area contributed by atoms with E-state index in [1.807, 2.05) is 11.4 Å². The first-order valence-corrected chi connectivity index (χ1v) is 6.65. The molecule has 0 bridgehead atoms. The van der Waals surface area contributed by atoms with Gasteiger partial charge in [0.15, 0.2) is 0 Å². The molecule has 1 saturated heterocycles. The number of nitrogens with one attached hydrogen (secondary N) is 1. The summed E-state index contributed by atoms with van der Waals surface area (Å²) in [5.74, 6) is 0.0160. The van der Waals surface area contributed by atoms with Crippen molar-refractivity contribution in [1.29, 1.82) is 0 Å². The molecule has 0 aliphatic carbocycles. The SMILES string of the molecule is CC1(CNC(=O)c2csc(I)c2)COC1. The Morgan fingerprint density at radius 1 is 1.73 bits per heavy atom. The standard InChI is InChI=1S/C10H12INO2S/c1-10(5-14-6-10)4-12-9(13)7-2-8(11)15-3-7/h2-3H,4-6H2,1H3,(H,12,13). The fourth-order valence-corrected chi connectivity index (χ4v) is 2.70. The van der Waals surface area contributed by atoms with Crippen LogP contribution in [0.2, 0.25) is 0 Å². The lowest BCUT2D eigenvalue weighted by Crippen LogP contribution is -2.48. The van der Waals surface area contributed by atoms with Crippen molar-refractivity contribution in [3.8, 4) is 0 Å². The number of thiophene rings is 1. The smallest absolute Gasteiger partial charge is 0.252 e. The summed E-state index contributed by atoms with van der Waals surface area (Å²) >= 11 is 3.80. The molecular weight excluding hydrogens is 325 g/mol. The van der Waals surface area contributed by atoms with Crippen molar-refractivity contribution in [2.75, 3.05) is 19.8 Å². The van der Waals surface area contributed by atoms with Crippen LogP contribution in [0.1, 0.15) is 17.3 Å². The van der Waals surface area contributed by atoms with Gasteiger partial charge >= 0.3 is 0 Å². The van der Waals surface area contributed by atoms with E-state index in [4.69, 9.17) is 4.74 Å². The van der Waals surface area contributed by atoms with Gasteiger partial charge in [0.1, 0.15) is 0 Å². The lowest BCUT2D eigenvalue weighted by molar-refractivity contribution is -0.0978. The van der Waals surface area contributed by atoms with Crippen molar-refractivity contribution >= 4 is 39.8 Å². The number of hydrogen-bond acceptors (Lipinski definition) is 3. The minimum absolute atomic E-state index is 0.0160. The number of rotatable bonds is 3. The molecule has 0 aromatic carbocycles. The van der Waals surface area contributed by atoms with E-state index < -0.39 is 0 Å². The van der Waals surface area contributed by atoms with Crippen molar-refractivity contribution in [2.24, 2.45) is 5.41 Å². The summed E-state index contributed by atoms with van der Waals surface area (Å²) in [6, 6.07) is 1.90. The second kappa shape index (κ2) is 4.39. The Bertz CT molecular complexity index is 373. The molecule has 2 heterocycles. The van der Waals surface area contributed by atoms with E-state index in [-0.39, 0.29) is 11.3 Å². The van der Waals surface area contributed by atoms with Gasteiger partial charge in [0.2, 0.25) is 0 Å². The van der Waals surface area contributed by atoms with E-state index in [0.29, 0.717) is 6.54 Å². The van der Waals surface area contributed by atoms with Crippen LogP contribution in [0.4, 0.5) is 0 Å². The normalized spacial score (nSPS) is 18.3. The van der Waals surface area contributed by atoms with Gasteiger partial charge in [-0.3, -0.25) is 4.79 Å². The van der Waals surface area contributed by atoms with E-state index in [1.54, 1.807) is 11.3 Å². The van der Waals surface area contributed by atoms with E-state index in [0.717, 1.165) is 21.7 Å². The van der Waals surface area contributed by atoms with Crippen LogP contribution < -0.4 is 5.32 Å². The zero-order chi connectivity index (χ0) is 10.9. The van der Waals surface area contributed by atoms with Crippen molar-refractivity contribution < 1.29 is 9.53 Å². The highest BCUT2D eigenvalue weighted by Gasteiger charge is 2.33. The Kier molecular flexibility index (Phi) is 3.32. The third-order valence-electron chi connectivity index (χ3n) is 2.41. The molecule has 0 radical (unpaired) electrons. The van der Waals surface area contributed by atoms with E-state index >= 15 is 0 Å². The van der Waals surface area contributed by atoms with Crippen molar-refractivity contribution in [3.63, 3.8) is 0 Å². The second-order valence-electron chi connectivity index (χ2n) is 4.13. The summed E-state index contributed by atoms with van der Waals surface area (Å²) in [6.45, 7) is 4.30. The quantitative estimate of drug-likeness (QED) is 0.858. The van der Waals surface area contributed by atoms with Crippen molar-refractivity contribution in [3.05, 3.63) is 19.9 Å². The fourth-order valence-electron chi connectivity index (χ4n) is 1.38. The molecule has 1 aliphatic heterocycles. The van der Waals surface area contributed by atoms with Gasteiger partial charge in [-0.05, 0) is 28.7 Å². The molecule has 1 fully saturated rings. The molecule has 82 valence electrons. The predicted octanol–water partition coefficient (Wildman–Crippen LogP) is 2.12. The first kappa shape index (κ1) is 11.3. The zero-order valence-corrected chi connectivity index (χ0v) is 11.4. The molecule has 1 N–H and O–H groups in total. The van der Waals surface area contributed by atoms with Gasteiger partial charge in [-0.25, -0.2) is 0 Å². The van der Waals surface area contributed by atoms with Gasteiger partial charge in [0.05, 0.1) is 21.7 Å². The Labute approximate surface area is 106 Å². The number of ether oxygens (including phenoxy) is 1. The van der Waals surface area contributed by atoms with Gasteiger partial charge in [0, 0.05) is 17.3 Å². The summed E-state index contributed by atoms with van der Waals surface area (Å²) < 4.78 is 6.26. The molecular formula is C10H12INO2S. The molecule has 2 rings (SSSR count). The monoisotopic (exact) mass is 337 g/mol. The van der Waals surface area contributed by atoms with Crippen molar-refractivity contribution in [1.82, 2.24) is 5.32 Å². The average Bonchev–Trinajstić information content (AvgIpc) is 2.58. The average molecular weight is 337 g/mol. The summed E-state index contributed by atoms with van der Waals surface area (Å²) in [4.78, 5) is 11.7. The Balaban J connectivity index is 1.87. The molecule has 3 nitrogen and oxygen atoms in total. The molecule has 0 saturated carbocycles. The topological polar surface area (TPSA) is 38.3 Å². The van der Waals surface area contributed by atoms with Crippen LogP contribution in [0.15, 0.2) is 11.4 Å². The van der Waals surface area contributed by atoms with E-state index in [2.05, 4.69) is 34.8 Å². The molecule has 5 heteroatoms. The molecule has 0 unspecified atom stereocenters. The highest BCUT2D eigenvalue weighted by atomic mass is 127. The molecule has 1 aromatic rings. The largest absolute Gasteiger partial charge is 0.380 e. The molecule has 1 aliphatic rings. The van der Waals surface area contributed by atoms with Gasteiger partial charge < -0.3 is 10.1 Å². The number of hydrogen-bond donors (Lipinski definition) is 1. The summed E-state index contributed by atoms with van der Waals surface area (Å²) in [7, 11) is 0. The van der Waals surface area contributed by atoms with Crippen molar-refractivity contribution in [2.45, 2.75) is 6.92 Å². The van der Waals surface area contributed by atoms with Crippen LogP contribution >= 0.6 is 33.9 Å². The Morgan fingerprint density at radius 2 is 2.47 bits per heavy atom. The van der Waals surface area contributed by atoms with Crippen LogP contribution in [0, 0.1) is 8.30 Å². The predicted molar refractivity (Wildman–Crippen MR) is 68.3 cm³/mol.